The van der Waals surface area contributed by atoms with Gasteiger partial charge in [-0.15, -0.1) is 0 Å². The van der Waals surface area contributed by atoms with Gasteiger partial charge in [-0.25, -0.2) is 4.79 Å². The van der Waals surface area contributed by atoms with Gasteiger partial charge in [-0.05, 0) is 43.0 Å². The molecule has 0 atom stereocenters. The predicted molar refractivity (Wildman–Crippen MR) is 128 cm³/mol. The minimum absolute atomic E-state index is 0.0209. The number of aromatic amines is 1. The fourth-order valence-corrected chi connectivity index (χ4v) is 5.75. The van der Waals surface area contributed by atoms with Gasteiger partial charge in [0.2, 0.25) is 0 Å². The van der Waals surface area contributed by atoms with Crippen LogP contribution in [0.4, 0.5) is 17.1 Å². The average Bonchev–Trinajstić information content (AvgIpc) is 3.09. The maximum atomic E-state index is 12.8. The summed E-state index contributed by atoms with van der Waals surface area (Å²) in [5, 5.41) is 3.59. The normalized spacial score (nSPS) is 18.1. The van der Waals surface area contributed by atoms with Crippen LogP contribution in [0, 0.1) is 5.92 Å². The number of anilines is 3. The SMILES string of the molecule is O=c1[nH]c2cc(Nc3ccccc3)c(N3CCSCC3)cc2n1CC1CCCCC1. The van der Waals surface area contributed by atoms with Gasteiger partial charge < -0.3 is 15.2 Å². The third-order valence-electron chi connectivity index (χ3n) is 6.46. The summed E-state index contributed by atoms with van der Waals surface area (Å²) >= 11 is 2.01. The fraction of sp³-hybridized carbons (Fsp3) is 0.458. The van der Waals surface area contributed by atoms with E-state index in [1.807, 2.05) is 34.5 Å². The lowest BCUT2D eigenvalue weighted by atomic mass is 9.89. The molecule has 0 unspecified atom stereocenters. The average molecular weight is 423 g/mol. The summed E-state index contributed by atoms with van der Waals surface area (Å²) in [5.74, 6) is 2.91. The summed E-state index contributed by atoms with van der Waals surface area (Å²) in [6, 6.07) is 14.6. The number of imidazole rings is 1. The Kier molecular flexibility index (Phi) is 5.75. The van der Waals surface area contributed by atoms with E-state index in [0.717, 1.165) is 53.5 Å². The number of nitrogens with one attached hydrogen (secondary N) is 2. The smallest absolute Gasteiger partial charge is 0.326 e. The van der Waals surface area contributed by atoms with Crippen molar-refractivity contribution in [3.05, 3.63) is 52.9 Å². The number of fused-ring (bicyclic) bond motifs is 1. The maximum Gasteiger partial charge on any atom is 0.326 e. The Morgan fingerprint density at radius 3 is 2.57 bits per heavy atom. The summed E-state index contributed by atoms with van der Waals surface area (Å²) in [7, 11) is 0. The van der Waals surface area contributed by atoms with Crippen molar-refractivity contribution in [1.29, 1.82) is 0 Å². The maximum absolute atomic E-state index is 12.8. The van der Waals surface area contributed by atoms with Crippen LogP contribution in [0.5, 0.6) is 0 Å². The number of hydrogen-bond acceptors (Lipinski definition) is 4. The fourth-order valence-electron chi connectivity index (χ4n) is 4.84. The van der Waals surface area contributed by atoms with Crippen LogP contribution in [0.3, 0.4) is 0 Å². The molecular weight excluding hydrogens is 392 g/mol. The quantitative estimate of drug-likeness (QED) is 0.593. The highest BCUT2D eigenvalue weighted by molar-refractivity contribution is 7.99. The highest BCUT2D eigenvalue weighted by Gasteiger charge is 2.21. The zero-order chi connectivity index (χ0) is 20.3. The Hall–Kier alpha value is -2.34. The second-order valence-corrected chi connectivity index (χ2v) is 9.75. The number of para-hydroxylation sites is 1. The first-order chi connectivity index (χ1) is 14.8. The van der Waals surface area contributed by atoms with Crippen molar-refractivity contribution in [3.63, 3.8) is 0 Å². The molecule has 1 saturated heterocycles. The second kappa shape index (κ2) is 8.80. The van der Waals surface area contributed by atoms with Gasteiger partial charge in [-0.1, -0.05) is 37.5 Å². The molecule has 0 bridgehead atoms. The molecule has 2 aliphatic rings. The number of thioether (sulfide) groups is 1. The Morgan fingerprint density at radius 2 is 1.80 bits per heavy atom. The molecule has 2 N–H and O–H groups in total. The Labute approximate surface area is 181 Å². The van der Waals surface area contributed by atoms with Crippen LogP contribution in [-0.4, -0.2) is 34.1 Å². The van der Waals surface area contributed by atoms with E-state index in [9.17, 15) is 4.79 Å². The zero-order valence-corrected chi connectivity index (χ0v) is 18.2. The van der Waals surface area contributed by atoms with Crippen molar-refractivity contribution >= 4 is 39.9 Å². The third kappa shape index (κ3) is 4.10. The number of H-pyrrole nitrogens is 1. The molecule has 2 aromatic carbocycles. The van der Waals surface area contributed by atoms with E-state index in [2.05, 4.69) is 39.5 Å². The van der Waals surface area contributed by atoms with Crippen LogP contribution >= 0.6 is 11.8 Å². The zero-order valence-electron chi connectivity index (χ0n) is 17.4. The number of aromatic nitrogens is 2. The van der Waals surface area contributed by atoms with Crippen LogP contribution < -0.4 is 15.9 Å². The molecule has 0 spiro atoms. The third-order valence-corrected chi connectivity index (χ3v) is 7.40. The van der Waals surface area contributed by atoms with E-state index >= 15 is 0 Å². The molecule has 3 aromatic rings. The number of nitrogens with zero attached hydrogens (tertiary/aromatic N) is 2. The van der Waals surface area contributed by atoms with E-state index in [0.29, 0.717) is 5.92 Å². The van der Waals surface area contributed by atoms with Gasteiger partial charge in [0.25, 0.3) is 0 Å². The number of benzene rings is 2. The molecule has 30 heavy (non-hydrogen) atoms. The second-order valence-electron chi connectivity index (χ2n) is 8.52. The van der Waals surface area contributed by atoms with Crippen molar-refractivity contribution in [1.82, 2.24) is 9.55 Å². The monoisotopic (exact) mass is 422 g/mol. The molecule has 0 amide bonds. The van der Waals surface area contributed by atoms with E-state index in [-0.39, 0.29) is 5.69 Å². The molecule has 0 radical (unpaired) electrons. The van der Waals surface area contributed by atoms with Crippen molar-refractivity contribution < 1.29 is 0 Å². The van der Waals surface area contributed by atoms with E-state index in [4.69, 9.17) is 0 Å². The summed E-state index contributed by atoms with van der Waals surface area (Å²) in [6.07, 6.45) is 6.41. The van der Waals surface area contributed by atoms with Crippen molar-refractivity contribution in [2.75, 3.05) is 34.8 Å². The van der Waals surface area contributed by atoms with Gasteiger partial charge >= 0.3 is 5.69 Å². The first-order valence-corrected chi connectivity index (χ1v) is 12.3. The molecule has 1 saturated carbocycles. The lowest BCUT2D eigenvalue weighted by Crippen LogP contribution is -2.33. The minimum Gasteiger partial charge on any atom is -0.368 e. The van der Waals surface area contributed by atoms with Gasteiger partial charge in [-0.3, -0.25) is 4.57 Å². The Morgan fingerprint density at radius 1 is 1.03 bits per heavy atom. The van der Waals surface area contributed by atoms with E-state index < -0.39 is 0 Å². The van der Waals surface area contributed by atoms with Crippen molar-refractivity contribution in [3.8, 4) is 0 Å². The molecule has 1 aliphatic heterocycles. The topological polar surface area (TPSA) is 53.1 Å². The predicted octanol–water partition coefficient (Wildman–Crippen LogP) is 5.21. The van der Waals surface area contributed by atoms with Crippen LogP contribution in [0.2, 0.25) is 0 Å². The molecule has 2 heterocycles. The molecule has 158 valence electrons. The molecule has 2 fully saturated rings. The standard InChI is InChI=1S/C24H30N4OS/c29-24-26-21-15-20(25-19-9-5-2-6-10-19)22(27-11-13-30-14-12-27)16-23(21)28(24)17-18-7-3-1-4-8-18/h2,5-6,9-10,15-16,18,25H,1,3-4,7-8,11-14,17H2,(H,26,29). The van der Waals surface area contributed by atoms with Crippen LogP contribution in [0.15, 0.2) is 47.3 Å². The molecule has 5 rings (SSSR count). The molecular formula is C24H30N4OS. The summed E-state index contributed by atoms with van der Waals surface area (Å²) in [5.41, 5.74) is 5.30. The van der Waals surface area contributed by atoms with Gasteiger partial charge in [0.05, 0.1) is 22.4 Å². The first kappa shape index (κ1) is 19.6. The van der Waals surface area contributed by atoms with E-state index in [1.165, 1.54) is 37.8 Å². The van der Waals surface area contributed by atoms with E-state index in [1.54, 1.807) is 0 Å². The van der Waals surface area contributed by atoms with Gasteiger partial charge in [0.1, 0.15) is 0 Å². The van der Waals surface area contributed by atoms with Crippen LogP contribution in [0.25, 0.3) is 11.0 Å². The van der Waals surface area contributed by atoms with Gasteiger partial charge in [0.15, 0.2) is 0 Å². The van der Waals surface area contributed by atoms with Gasteiger partial charge in [0, 0.05) is 36.8 Å². The van der Waals surface area contributed by atoms with Crippen molar-refractivity contribution in [2.24, 2.45) is 5.92 Å². The van der Waals surface area contributed by atoms with Crippen LogP contribution in [0.1, 0.15) is 32.1 Å². The minimum atomic E-state index is 0.0209. The highest BCUT2D eigenvalue weighted by Crippen LogP contribution is 2.35. The van der Waals surface area contributed by atoms with Gasteiger partial charge in [-0.2, -0.15) is 11.8 Å². The summed E-state index contributed by atoms with van der Waals surface area (Å²) < 4.78 is 1.99. The lowest BCUT2D eigenvalue weighted by molar-refractivity contribution is 0.319. The Bertz CT molecular complexity index is 1050. The highest BCUT2D eigenvalue weighted by atomic mass is 32.2. The molecule has 1 aliphatic carbocycles. The first-order valence-electron chi connectivity index (χ1n) is 11.2. The van der Waals surface area contributed by atoms with Crippen molar-refractivity contribution in [2.45, 2.75) is 38.6 Å². The summed E-state index contributed by atoms with van der Waals surface area (Å²) in [4.78, 5) is 18.4. The number of rotatable bonds is 5. The number of hydrogen-bond donors (Lipinski definition) is 2. The van der Waals surface area contributed by atoms with Crippen LogP contribution in [-0.2, 0) is 6.54 Å². The molecule has 5 nitrogen and oxygen atoms in total. The summed E-state index contributed by atoms with van der Waals surface area (Å²) in [6.45, 7) is 2.91. The lowest BCUT2D eigenvalue weighted by Gasteiger charge is -2.31. The molecule has 1 aromatic heterocycles. The molecule has 6 heteroatoms. The largest absolute Gasteiger partial charge is 0.368 e. The Balaban J connectivity index is 1.55.